The zero-order valence-electron chi connectivity index (χ0n) is 17.6. The molecule has 1 fully saturated rings. The summed E-state index contributed by atoms with van der Waals surface area (Å²) in [6.07, 6.45) is 5.82. The van der Waals surface area contributed by atoms with Crippen LogP contribution >= 0.6 is 9.39 Å². The summed E-state index contributed by atoms with van der Waals surface area (Å²) in [5.41, 5.74) is 1.59. The van der Waals surface area contributed by atoms with Crippen molar-refractivity contribution in [3.63, 3.8) is 0 Å². The monoisotopic (exact) mass is 423 g/mol. The van der Waals surface area contributed by atoms with Gasteiger partial charge in [0.15, 0.2) is 5.78 Å². The van der Waals surface area contributed by atoms with Crippen LogP contribution in [0.4, 0.5) is 0 Å². The lowest BCUT2D eigenvalue weighted by atomic mass is 9.84. The van der Waals surface area contributed by atoms with E-state index in [0.717, 1.165) is 31.4 Å². The Labute approximate surface area is 177 Å². The van der Waals surface area contributed by atoms with E-state index >= 15 is 0 Å². The van der Waals surface area contributed by atoms with Crippen molar-refractivity contribution in [1.29, 1.82) is 0 Å². The highest BCUT2D eigenvalue weighted by Gasteiger charge is 2.41. The van der Waals surface area contributed by atoms with Gasteiger partial charge in [-0.3, -0.25) is 4.79 Å². The summed E-state index contributed by atoms with van der Waals surface area (Å²) in [7, 11) is 2.52. The van der Waals surface area contributed by atoms with Gasteiger partial charge in [-0.15, -0.1) is 0 Å². The first kappa shape index (κ1) is 24.4. The molecule has 4 N–H and O–H groups in total. The molecule has 5 nitrogen and oxygen atoms in total. The third-order valence-corrected chi connectivity index (χ3v) is 6.58. The lowest BCUT2D eigenvalue weighted by molar-refractivity contribution is 0.0629. The lowest BCUT2D eigenvalue weighted by Crippen LogP contribution is -2.26. The van der Waals surface area contributed by atoms with Gasteiger partial charge in [-0.1, -0.05) is 64.9 Å². The molecule has 0 aliphatic heterocycles. The van der Waals surface area contributed by atoms with Crippen LogP contribution in [0.5, 0.6) is 0 Å². The number of carbonyl (C=O) groups is 1. The molecule has 0 radical (unpaired) electrons. The number of carbonyl (C=O) groups excluding carboxylic acids is 1. The van der Waals surface area contributed by atoms with E-state index in [9.17, 15) is 20.1 Å². The number of unbranched alkanes of at least 4 members (excludes halogenated alkanes) is 4. The molecule has 1 aliphatic rings. The number of Topliss-reactive ketones (excluding diaryl/α,β-unsaturated/α-hetero) is 1. The predicted octanol–water partition coefficient (Wildman–Crippen LogP) is 3.40. The van der Waals surface area contributed by atoms with Crippen molar-refractivity contribution in [2.75, 3.05) is 6.54 Å². The van der Waals surface area contributed by atoms with Gasteiger partial charge >= 0.3 is 0 Å². The smallest absolute Gasteiger partial charge is 0.191 e. The molecule has 6 heteroatoms. The van der Waals surface area contributed by atoms with Crippen LogP contribution in [-0.2, 0) is 0 Å². The van der Waals surface area contributed by atoms with Crippen LogP contribution in [0.25, 0.3) is 0 Å². The first-order chi connectivity index (χ1) is 13.9. The first-order valence-electron chi connectivity index (χ1n) is 11.0. The Hall–Kier alpha value is -0.840. The van der Waals surface area contributed by atoms with Gasteiger partial charge in [0.2, 0.25) is 0 Å². The van der Waals surface area contributed by atoms with Crippen molar-refractivity contribution in [1.82, 2.24) is 5.09 Å². The number of rotatable bonds is 13. The van der Waals surface area contributed by atoms with E-state index < -0.39 is 18.3 Å². The summed E-state index contributed by atoms with van der Waals surface area (Å²) in [5.74, 6) is -0.262. The molecule has 0 heterocycles. The van der Waals surface area contributed by atoms with Gasteiger partial charge in [0.1, 0.15) is 6.10 Å². The minimum absolute atomic E-state index is 0.0493. The quantitative estimate of drug-likeness (QED) is 0.222. The Morgan fingerprint density at radius 1 is 1.03 bits per heavy atom. The zero-order chi connectivity index (χ0) is 21.2. The van der Waals surface area contributed by atoms with E-state index in [-0.39, 0.29) is 17.6 Å². The second-order valence-corrected chi connectivity index (χ2v) is 8.94. The van der Waals surface area contributed by atoms with E-state index in [2.05, 4.69) is 14.5 Å². The molecular weight excluding hydrogens is 385 g/mol. The number of hydrogen-bond donors (Lipinski definition) is 4. The molecule has 0 spiro atoms. The zero-order valence-corrected chi connectivity index (χ0v) is 18.7. The van der Waals surface area contributed by atoms with Crippen LogP contribution in [0.2, 0.25) is 0 Å². The average molecular weight is 424 g/mol. The SMILES string of the molecule is Cc1ccc(C(=O)C(O)CC[C@@H]2[C@@H](CCCCCCCNP)[C@@H](O)C[C@H]2O)cc1. The normalized spacial score (nSPS) is 25.3. The van der Waals surface area contributed by atoms with Crippen LogP contribution in [0.15, 0.2) is 24.3 Å². The summed E-state index contributed by atoms with van der Waals surface area (Å²) in [6, 6.07) is 7.22. The number of aliphatic hydroxyl groups is 3. The molecule has 6 atom stereocenters. The third kappa shape index (κ3) is 7.73. The highest BCUT2D eigenvalue weighted by atomic mass is 31.0. The second kappa shape index (κ2) is 12.8. The van der Waals surface area contributed by atoms with Crippen LogP contribution < -0.4 is 5.09 Å². The molecule has 2 rings (SSSR count). The Morgan fingerprint density at radius 2 is 1.62 bits per heavy atom. The van der Waals surface area contributed by atoms with Crippen molar-refractivity contribution >= 4 is 15.2 Å². The van der Waals surface area contributed by atoms with E-state index in [0.29, 0.717) is 24.8 Å². The van der Waals surface area contributed by atoms with Gasteiger partial charge in [-0.25, -0.2) is 0 Å². The Balaban J connectivity index is 1.78. The fraction of sp³-hybridized carbons (Fsp3) is 0.696. The fourth-order valence-corrected chi connectivity index (χ4v) is 4.71. The number of aliphatic hydroxyl groups excluding tert-OH is 3. The van der Waals surface area contributed by atoms with Crippen molar-refractivity contribution in [3.05, 3.63) is 35.4 Å². The maximum Gasteiger partial charge on any atom is 0.191 e. The Kier molecular flexibility index (Phi) is 10.8. The molecule has 1 aliphatic carbocycles. The summed E-state index contributed by atoms with van der Waals surface area (Å²) in [6.45, 7) is 2.98. The van der Waals surface area contributed by atoms with Gasteiger partial charge in [-0.05, 0) is 57.4 Å². The van der Waals surface area contributed by atoms with E-state index in [1.165, 1.54) is 19.3 Å². The molecule has 0 aromatic heterocycles. The first-order valence-corrected chi connectivity index (χ1v) is 11.6. The van der Waals surface area contributed by atoms with Crippen molar-refractivity contribution in [2.24, 2.45) is 11.8 Å². The van der Waals surface area contributed by atoms with Gasteiger partial charge in [0.05, 0.1) is 12.2 Å². The van der Waals surface area contributed by atoms with Crippen molar-refractivity contribution in [3.8, 4) is 0 Å². The number of benzene rings is 1. The molecule has 29 heavy (non-hydrogen) atoms. The molecular formula is C23H38NO4P. The standard InChI is InChI=1S/C23H38NO4P/c1-16-8-10-17(11-9-16)23(28)20(25)13-12-19-18(21(26)15-22(19)27)7-5-3-2-4-6-14-24-29/h8-11,18-22,24-27H,2-7,12-15,29H2,1H3/t18-,19-,20?,21+,22-/m1/s1. The van der Waals surface area contributed by atoms with Gasteiger partial charge < -0.3 is 20.4 Å². The van der Waals surface area contributed by atoms with Gasteiger partial charge in [0.25, 0.3) is 0 Å². The average Bonchev–Trinajstić information content (AvgIpc) is 2.98. The molecule has 1 aromatic carbocycles. The molecule has 0 bridgehead atoms. The van der Waals surface area contributed by atoms with Gasteiger partial charge in [0, 0.05) is 5.56 Å². The fourth-order valence-electron chi connectivity index (χ4n) is 4.51. The summed E-state index contributed by atoms with van der Waals surface area (Å²) in [5, 5.41) is 34.2. The molecule has 164 valence electrons. The van der Waals surface area contributed by atoms with Crippen LogP contribution in [0.3, 0.4) is 0 Å². The lowest BCUT2D eigenvalue weighted by Gasteiger charge is -2.24. The van der Waals surface area contributed by atoms with Crippen molar-refractivity contribution in [2.45, 2.75) is 83.0 Å². The minimum Gasteiger partial charge on any atom is -0.393 e. The van der Waals surface area contributed by atoms with Crippen LogP contribution in [0, 0.1) is 18.8 Å². The molecule has 0 amide bonds. The second-order valence-electron chi connectivity index (χ2n) is 8.53. The summed E-state index contributed by atoms with van der Waals surface area (Å²) < 4.78 is 0. The number of aryl methyl sites for hydroxylation is 1. The van der Waals surface area contributed by atoms with Crippen LogP contribution in [0.1, 0.15) is 73.7 Å². The minimum atomic E-state index is -1.06. The highest BCUT2D eigenvalue weighted by molar-refractivity contribution is 7.13. The molecule has 0 saturated heterocycles. The maximum atomic E-state index is 12.4. The topological polar surface area (TPSA) is 89.8 Å². The number of hydrogen-bond acceptors (Lipinski definition) is 5. The van der Waals surface area contributed by atoms with Gasteiger partial charge in [-0.2, -0.15) is 0 Å². The van der Waals surface area contributed by atoms with E-state index in [1.54, 1.807) is 12.1 Å². The van der Waals surface area contributed by atoms with Crippen LogP contribution in [-0.4, -0.2) is 46.0 Å². The summed E-state index contributed by atoms with van der Waals surface area (Å²) >= 11 is 0. The third-order valence-electron chi connectivity index (χ3n) is 6.29. The van der Waals surface area contributed by atoms with E-state index in [4.69, 9.17) is 0 Å². The summed E-state index contributed by atoms with van der Waals surface area (Å²) in [4.78, 5) is 12.4. The van der Waals surface area contributed by atoms with Crippen molar-refractivity contribution < 1.29 is 20.1 Å². The Bertz CT molecular complexity index is 609. The molecule has 1 saturated carbocycles. The Morgan fingerprint density at radius 3 is 2.28 bits per heavy atom. The molecule has 2 unspecified atom stereocenters. The van der Waals surface area contributed by atoms with E-state index in [1.807, 2.05) is 19.1 Å². The molecule has 1 aromatic rings. The number of nitrogens with one attached hydrogen (secondary N) is 1. The highest BCUT2D eigenvalue weighted by Crippen LogP contribution is 2.39. The number of ketones is 1. The largest absolute Gasteiger partial charge is 0.393 e. The maximum absolute atomic E-state index is 12.4. The predicted molar refractivity (Wildman–Crippen MR) is 120 cm³/mol.